The van der Waals surface area contributed by atoms with Gasteiger partial charge in [0.2, 0.25) is 0 Å². The third-order valence-electron chi connectivity index (χ3n) is 3.24. The normalized spacial score (nSPS) is 16.8. The van der Waals surface area contributed by atoms with Gasteiger partial charge in [0, 0.05) is 5.69 Å². The molecule has 1 unspecified atom stereocenters. The Kier molecular flexibility index (Phi) is 2.49. The minimum absolute atomic E-state index is 0.0876. The number of benzene rings is 2. The van der Waals surface area contributed by atoms with Gasteiger partial charge in [-0.1, -0.05) is 18.2 Å². The molecule has 3 heteroatoms. The lowest BCUT2D eigenvalue weighted by molar-refractivity contribution is 0.623. The molecule has 2 aromatic rings. The Morgan fingerprint density at radius 2 is 2.11 bits per heavy atom. The molecule has 88 valence electrons. The van der Waals surface area contributed by atoms with Crippen molar-refractivity contribution in [1.82, 2.24) is 0 Å². The van der Waals surface area contributed by atoms with Crippen molar-refractivity contribution in [1.29, 1.82) is 5.26 Å². The second kappa shape index (κ2) is 4.15. The number of rotatable bonds is 1. The SMILES string of the molecule is N#Cc1ccc2c(c1)NC(c1cccc(F)c1)C2. The van der Waals surface area contributed by atoms with E-state index in [1.54, 1.807) is 12.1 Å². The molecule has 0 fully saturated rings. The Bertz CT molecular complexity index is 643. The first kappa shape index (κ1) is 10.8. The number of fused-ring (bicyclic) bond motifs is 1. The molecule has 2 aromatic carbocycles. The summed E-state index contributed by atoms with van der Waals surface area (Å²) in [5.74, 6) is -0.219. The number of nitriles is 1. The predicted molar refractivity (Wildman–Crippen MR) is 67.6 cm³/mol. The van der Waals surface area contributed by atoms with Crippen LogP contribution in [-0.2, 0) is 6.42 Å². The Hall–Kier alpha value is -2.34. The number of halogens is 1. The molecule has 0 saturated heterocycles. The molecule has 18 heavy (non-hydrogen) atoms. The topological polar surface area (TPSA) is 35.8 Å². The van der Waals surface area contributed by atoms with Crippen LogP contribution in [0, 0.1) is 17.1 Å². The highest BCUT2D eigenvalue weighted by atomic mass is 19.1. The molecular formula is C15H11FN2. The molecule has 1 aliphatic rings. The van der Waals surface area contributed by atoms with E-state index in [1.165, 1.54) is 11.6 Å². The molecule has 1 aliphatic heterocycles. The summed E-state index contributed by atoms with van der Waals surface area (Å²) in [6.07, 6.45) is 0.824. The van der Waals surface area contributed by atoms with E-state index in [-0.39, 0.29) is 11.9 Å². The summed E-state index contributed by atoms with van der Waals surface area (Å²) in [6.45, 7) is 0. The highest BCUT2D eigenvalue weighted by molar-refractivity contribution is 5.61. The van der Waals surface area contributed by atoms with Gasteiger partial charge < -0.3 is 5.32 Å². The van der Waals surface area contributed by atoms with Crippen LogP contribution in [0.5, 0.6) is 0 Å². The van der Waals surface area contributed by atoms with Crippen LogP contribution in [0.4, 0.5) is 10.1 Å². The summed E-state index contributed by atoms with van der Waals surface area (Å²) in [5.41, 5.74) is 3.72. The van der Waals surface area contributed by atoms with E-state index in [0.29, 0.717) is 5.56 Å². The van der Waals surface area contributed by atoms with Gasteiger partial charge in [-0.2, -0.15) is 5.26 Å². The molecule has 1 N–H and O–H groups in total. The third kappa shape index (κ3) is 1.82. The Balaban J connectivity index is 1.91. The molecule has 0 spiro atoms. The molecule has 0 bridgehead atoms. The van der Waals surface area contributed by atoms with E-state index in [4.69, 9.17) is 5.26 Å². The van der Waals surface area contributed by atoms with E-state index in [1.807, 2.05) is 24.3 Å². The van der Waals surface area contributed by atoms with Crippen LogP contribution in [0.1, 0.15) is 22.7 Å². The highest BCUT2D eigenvalue weighted by Crippen LogP contribution is 2.34. The Morgan fingerprint density at radius 3 is 2.89 bits per heavy atom. The summed E-state index contributed by atoms with van der Waals surface area (Å²) in [5, 5.41) is 12.2. The molecule has 0 aliphatic carbocycles. The first-order valence-electron chi connectivity index (χ1n) is 5.81. The van der Waals surface area contributed by atoms with Crippen molar-refractivity contribution in [2.24, 2.45) is 0 Å². The largest absolute Gasteiger partial charge is 0.378 e. The Labute approximate surface area is 105 Å². The summed E-state index contributed by atoms with van der Waals surface area (Å²) < 4.78 is 13.2. The first-order chi connectivity index (χ1) is 8.76. The van der Waals surface area contributed by atoms with Crippen molar-refractivity contribution < 1.29 is 4.39 Å². The average Bonchev–Trinajstić information content (AvgIpc) is 2.81. The van der Waals surface area contributed by atoms with Gasteiger partial charge in [0.15, 0.2) is 0 Å². The summed E-state index contributed by atoms with van der Waals surface area (Å²) in [6, 6.07) is 14.4. The van der Waals surface area contributed by atoms with Crippen LogP contribution in [-0.4, -0.2) is 0 Å². The lowest BCUT2D eigenvalue weighted by Crippen LogP contribution is -2.05. The fourth-order valence-electron chi connectivity index (χ4n) is 2.34. The van der Waals surface area contributed by atoms with Crippen molar-refractivity contribution >= 4 is 5.69 Å². The third-order valence-corrected chi connectivity index (χ3v) is 3.24. The molecule has 0 radical (unpaired) electrons. The molecular weight excluding hydrogens is 227 g/mol. The van der Waals surface area contributed by atoms with Crippen molar-refractivity contribution in [2.75, 3.05) is 5.32 Å². The highest BCUT2D eigenvalue weighted by Gasteiger charge is 2.22. The zero-order valence-electron chi connectivity index (χ0n) is 9.65. The van der Waals surface area contributed by atoms with Crippen molar-refractivity contribution in [3.63, 3.8) is 0 Å². The van der Waals surface area contributed by atoms with Gasteiger partial charge in [0.25, 0.3) is 0 Å². The van der Waals surface area contributed by atoms with Gasteiger partial charge in [0.05, 0.1) is 17.7 Å². The molecule has 0 amide bonds. The lowest BCUT2D eigenvalue weighted by atomic mass is 10.0. The lowest BCUT2D eigenvalue weighted by Gasteiger charge is -2.11. The maximum Gasteiger partial charge on any atom is 0.123 e. The van der Waals surface area contributed by atoms with Crippen molar-refractivity contribution in [3.8, 4) is 6.07 Å². The quantitative estimate of drug-likeness (QED) is 0.826. The number of hydrogen-bond acceptors (Lipinski definition) is 2. The number of nitrogens with zero attached hydrogens (tertiary/aromatic N) is 1. The number of hydrogen-bond donors (Lipinski definition) is 1. The monoisotopic (exact) mass is 238 g/mol. The van der Waals surface area contributed by atoms with E-state index in [2.05, 4.69) is 11.4 Å². The molecule has 1 heterocycles. The maximum atomic E-state index is 13.2. The van der Waals surface area contributed by atoms with Crippen LogP contribution < -0.4 is 5.32 Å². The van der Waals surface area contributed by atoms with Crippen LogP contribution >= 0.6 is 0 Å². The smallest absolute Gasteiger partial charge is 0.123 e. The molecule has 0 aromatic heterocycles. The standard InChI is InChI=1S/C15H11FN2/c16-13-3-1-2-11(7-13)15-8-12-5-4-10(9-17)6-14(12)18-15/h1-7,15,18H,8H2. The van der Waals surface area contributed by atoms with Crippen molar-refractivity contribution in [3.05, 3.63) is 65.0 Å². The zero-order valence-corrected chi connectivity index (χ0v) is 9.65. The second-order valence-electron chi connectivity index (χ2n) is 4.44. The molecule has 2 nitrogen and oxygen atoms in total. The summed E-state index contributed by atoms with van der Waals surface area (Å²) in [7, 11) is 0. The predicted octanol–water partition coefficient (Wildman–Crippen LogP) is 3.41. The molecule has 0 saturated carbocycles. The van der Waals surface area contributed by atoms with E-state index in [0.717, 1.165) is 17.7 Å². The zero-order chi connectivity index (χ0) is 12.5. The van der Waals surface area contributed by atoms with E-state index < -0.39 is 0 Å². The molecule has 1 atom stereocenters. The first-order valence-corrected chi connectivity index (χ1v) is 5.81. The van der Waals surface area contributed by atoms with Gasteiger partial charge in [-0.05, 0) is 41.8 Å². The van der Waals surface area contributed by atoms with Crippen LogP contribution in [0.3, 0.4) is 0 Å². The second-order valence-corrected chi connectivity index (χ2v) is 4.44. The van der Waals surface area contributed by atoms with Gasteiger partial charge in [-0.25, -0.2) is 4.39 Å². The average molecular weight is 238 g/mol. The minimum atomic E-state index is -0.219. The fraction of sp³-hybridized carbons (Fsp3) is 0.133. The van der Waals surface area contributed by atoms with Crippen LogP contribution in [0.25, 0.3) is 0 Å². The van der Waals surface area contributed by atoms with Crippen LogP contribution in [0.2, 0.25) is 0 Å². The van der Waals surface area contributed by atoms with E-state index in [9.17, 15) is 4.39 Å². The van der Waals surface area contributed by atoms with Crippen LogP contribution in [0.15, 0.2) is 42.5 Å². The summed E-state index contributed by atoms with van der Waals surface area (Å²) >= 11 is 0. The Morgan fingerprint density at radius 1 is 1.22 bits per heavy atom. The molecule has 3 rings (SSSR count). The van der Waals surface area contributed by atoms with Gasteiger partial charge in [-0.15, -0.1) is 0 Å². The maximum absolute atomic E-state index is 13.2. The number of anilines is 1. The van der Waals surface area contributed by atoms with Crippen molar-refractivity contribution in [2.45, 2.75) is 12.5 Å². The minimum Gasteiger partial charge on any atom is -0.378 e. The van der Waals surface area contributed by atoms with Gasteiger partial charge >= 0.3 is 0 Å². The van der Waals surface area contributed by atoms with Gasteiger partial charge in [0.1, 0.15) is 5.82 Å². The fourth-order valence-corrected chi connectivity index (χ4v) is 2.34. The van der Waals surface area contributed by atoms with E-state index >= 15 is 0 Å². The number of nitrogens with one attached hydrogen (secondary N) is 1. The summed E-state index contributed by atoms with van der Waals surface area (Å²) in [4.78, 5) is 0. The van der Waals surface area contributed by atoms with Gasteiger partial charge in [-0.3, -0.25) is 0 Å².